The van der Waals surface area contributed by atoms with Gasteiger partial charge in [-0.3, -0.25) is 9.69 Å². The number of carboxylic acids is 1. The first-order valence-corrected chi connectivity index (χ1v) is 6.70. The number of rotatable bonds is 3. The number of carbonyl (C=O) groups is 1. The van der Waals surface area contributed by atoms with E-state index in [1.165, 1.54) is 0 Å². The van der Waals surface area contributed by atoms with Crippen molar-refractivity contribution in [2.24, 2.45) is 5.92 Å². The smallest absolute Gasteiger partial charge is 0.321 e. The average Bonchev–Trinajstić information content (AvgIpc) is 2.72. The van der Waals surface area contributed by atoms with Crippen LogP contribution in [-0.4, -0.2) is 59.7 Å². The van der Waals surface area contributed by atoms with Crippen molar-refractivity contribution in [3.8, 4) is 0 Å². The summed E-state index contributed by atoms with van der Waals surface area (Å²) < 4.78 is 0. The highest BCUT2D eigenvalue weighted by Crippen LogP contribution is 2.29. The molecule has 2 aliphatic rings. The van der Waals surface area contributed by atoms with E-state index in [0.717, 1.165) is 44.1 Å². The highest BCUT2D eigenvalue weighted by Gasteiger charge is 2.35. The third-order valence-corrected chi connectivity index (χ3v) is 4.40. The van der Waals surface area contributed by atoms with Crippen LogP contribution in [0.4, 0.5) is 0 Å². The van der Waals surface area contributed by atoms with Gasteiger partial charge in [0, 0.05) is 26.2 Å². The van der Waals surface area contributed by atoms with Gasteiger partial charge in [0.05, 0.1) is 0 Å². The summed E-state index contributed by atoms with van der Waals surface area (Å²) in [5.41, 5.74) is 0. The molecule has 2 saturated heterocycles. The molecule has 0 aromatic rings. The van der Waals surface area contributed by atoms with Crippen molar-refractivity contribution >= 4 is 17.7 Å². The lowest BCUT2D eigenvalue weighted by Gasteiger charge is -2.35. The molecule has 2 atom stereocenters. The zero-order valence-electron chi connectivity index (χ0n) is 8.82. The van der Waals surface area contributed by atoms with Crippen LogP contribution in [-0.2, 0) is 4.79 Å². The van der Waals surface area contributed by atoms with Crippen molar-refractivity contribution in [2.75, 3.05) is 37.7 Å². The fraction of sp³-hybridized carbons (Fsp3) is 0.900. The quantitative estimate of drug-likeness (QED) is 0.720. The molecule has 0 aromatic carbocycles. The summed E-state index contributed by atoms with van der Waals surface area (Å²) in [6, 6.07) is -0.248. The maximum Gasteiger partial charge on any atom is 0.321 e. The summed E-state index contributed by atoms with van der Waals surface area (Å²) in [7, 11) is 0. The second kappa shape index (κ2) is 5.18. The van der Waals surface area contributed by atoms with Gasteiger partial charge in [0.1, 0.15) is 6.04 Å². The third kappa shape index (κ3) is 2.65. The van der Waals surface area contributed by atoms with E-state index in [0.29, 0.717) is 5.92 Å². The summed E-state index contributed by atoms with van der Waals surface area (Å²) in [4.78, 5) is 13.4. The predicted molar refractivity (Wildman–Crippen MR) is 61.3 cm³/mol. The SMILES string of the molecule is O=C(O)C(C1CCSC1)N1CCNCC1. The lowest BCUT2D eigenvalue weighted by molar-refractivity contribution is -0.145. The minimum atomic E-state index is -0.635. The first-order chi connectivity index (χ1) is 7.29. The standard InChI is InChI=1S/C10H18N2O2S/c13-10(14)9(8-1-6-15-7-8)12-4-2-11-3-5-12/h8-9,11H,1-7H2,(H,13,14). The predicted octanol–water partition coefficient (Wildman–Crippen LogP) is 0.0979. The van der Waals surface area contributed by atoms with Crippen molar-refractivity contribution in [2.45, 2.75) is 12.5 Å². The summed E-state index contributed by atoms with van der Waals surface area (Å²) in [5.74, 6) is 1.86. The molecule has 0 bridgehead atoms. The van der Waals surface area contributed by atoms with Gasteiger partial charge in [-0.05, 0) is 23.8 Å². The van der Waals surface area contributed by atoms with Crippen molar-refractivity contribution in [3.63, 3.8) is 0 Å². The zero-order chi connectivity index (χ0) is 10.7. The molecule has 2 unspecified atom stereocenters. The Labute approximate surface area is 94.4 Å². The van der Waals surface area contributed by atoms with Gasteiger partial charge in [-0.25, -0.2) is 0 Å². The summed E-state index contributed by atoms with van der Waals surface area (Å²) in [6.07, 6.45) is 1.06. The van der Waals surface area contributed by atoms with Gasteiger partial charge in [-0.2, -0.15) is 11.8 Å². The molecule has 0 spiro atoms. The lowest BCUT2D eigenvalue weighted by Crippen LogP contribution is -2.54. The average molecular weight is 230 g/mol. The number of thioether (sulfide) groups is 1. The monoisotopic (exact) mass is 230 g/mol. The Hall–Kier alpha value is -0.260. The summed E-state index contributed by atoms with van der Waals surface area (Å²) >= 11 is 1.89. The van der Waals surface area contributed by atoms with Crippen molar-refractivity contribution in [3.05, 3.63) is 0 Å². The highest BCUT2D eigenvalue weighted by atomic mass is 32.2. The van der Waals surface area contributed by atoms with Gasteiger partial charge in [-0.1, -0.05) is 0 Å². The number of piperazine rings is 1. The minimum Gasteiger partial charge on any atom is -0.480 e. The van der Waals surface area contributed by atoms with E-state index in [2.05, 4.69) is 10.2 Å². The van der Waals surface area contributed by atoms with Crippen LogP contribution in [0.5, 0.6) is 0 Å². The Balaban J connectivity index is 2.00. The van der Waals surface area contributed by atoms with E-state index < -0.39 is 5.97 Å². The van der Waals surface area contributed by atoms with E-state index in [4.69, 9.17) is 0 Å². The van der Waals surface area contributed by atoms with Gasteiger partial charge in [0.25, 0.3) is 0 Å². The van der Waals surface area contributed by atoms with Gasteiger partial charge in [0.15, 0.2) is 0 Å². The molecule has 2 fully saturated rings. The maximum absolute atomic E-state index is 11.3. The molecule has 86 valence electrons. The molecule has 2 aliphatic heterocycles. The molecule has 0 saturated carbocycles. The van der Waals surface area contributed by atoms with Gasteiger partial charge < -0.3 is 10.4 Å². The van der Waals surface area contributed by atoms with E-state index in [1.54, 1.807) is 0 Å². The van der Waals surface area contributed by atoms with Crippen LogP contribution in [0, 0.1) is 5.92 Å². The molecule has 15 heavy (non-hydrogen) atoms. The Morgan fingerprint density at radius 3 is 2.73 bits per heavy atom. The van der Waals surface area contributed by atoms with E-state index in [1.807, 2.05) is 11.8 Å². The van der Waals surface area contributed by atoms with Crippen LogP contribution in [0.15, 0.2) is 0 Å². The molecular weight excluding hydrogens is 212 g/mol. The Morgan fingerprint density at radius 2 is 2.20 bits per heavy atom. The van der Waals surface area contributed by atoms with Crippen molar-refractivity contribution < 1.29 is 9.90 Å². The molecule has 4 nitrogen and oxygen atoms in total. The number of nitrogens with one attached hydrogen (secondary N) is 1. The molecule has 0 aliphatic carbocycles. The van der Waals surface area contributed by atoms with E-state index in [9.17, 15) is 9.90 Å². The van der Waals surface area contributed by atoms with Crippen molar-refractivity contribution in [1.29, 1.82) is 0 Å². The second-order valence-electron chi connectivity index (χ2n) is 4.19. The number of aliphatic carboxylic acids is 1. The van der Waals surface area contributed by atoms with Crippen LogP contribution < -0.4 is 5.32 Å². The number of carboxylic acid groups (broad SMARTS) is 1. The van der Waals surface area contributed by atoms with Crippen LogP contribution >= 0.6 is 11.8 Å². The molecule has 0 radical (unpaired) electrons. The zero-order valence-corrected chi connectivity index (χ0v) is 9.63. The van der Waals surface area contributed by atoms with Crippen molar-refractivity contribution in [1.82, 2.24) is 10.2 Å². The molecule has 2 rings (SSSR count). The van der Waals surface area contributed by atoms with Gasteiger partial charge >= 0.3 is 5.97 Å². The Kier molecular flexibility index (Phi) is 3.88. The normalized spacial score (nSPS) is 30.3. The molecule has 0 aromatic heterocycles. The topological polar surface area (TPSA) is 52.6 Å². The number of hydrogen-bond donors (Lipinski definition) is 2. The summed E-state index contributed by atoms with van der Waals surface area (Å²) in [5, 5.41) is 12.6. The maximum atomic E-state index is 11.3. The van der Waals surface area contributed by atoms with E-state index in [-0.39, 0.29) is 6.04 Å². The molecule has 2 N–H and O–H groups in total. The van der Waals surface area contributed by atoms with Crippen LogP contribution in [0.2, 0.25) is 0 Å². The van der Waals surface area contributed by atoms with Crippen LogP contribution in [0.1, 0.15) is 6.42 Å². The highest BCUT2D eigenvalue weighted by molar-refractivity contribution is 7.99. The molecule has 2 heterocycles. The Bertz CT molecular complexity index is 225. The van der Waals surface area contributed by atoms with Gasteiger partial charge in [0.2, 0.25) is 0 Å². The fourth-order valence-corrected chi connectivity index (χ4v) is 3.71. The fourth-order valence-electron chi connectivity index (χ4n) is 2.42. The minimum absolute atomic E-state index is 0.248. The molecule has 0 amide bonds. The summed E-state index contributed by atoms with van der Waals surface area (Å²) in [6.45, 7) is 3.59. The molecule has 5 heteroatoms. The first kappa shape index (κ1) is 11.2. The van der Waals surface area contributed by atoms with E-state index >= 15 is 0 Å². The van der Waals surface area contributed by atoms with Crippen LogP contribution in [0.25, 0.3) is 0 Å². The molecular formula is C10H18N2O2S. The number of nitrogens with zero attached hydrogens (tertiary/aromatic N) is 1. The lowest BCUT2D eigenvalue weighted by atomic mass is 9.97. The Morgan fingerprint density at radius 1 is 1.47 bits per heavy atom. The largest absolute Gasteiger partial charge is 0.480 e. The van der Waals surface area contributed by atoms with Gasteiger partial charge in [-0.15, -0.1) is 0 Å². The van der Waals surface area contributed by atoms with Crippen LogP contribution in [0.3, 0.4) is 0 Å². The number of hydrogen-bond acceptors (Lipinski definition) is 4. The first-order valence-electron chi connectivity index (χ1n) is 5.54. The third-order valence-electron chi connectivity index (χ3n) is 3.21. The second-order valence-corrected chi connectivity index (χ2v) is 5.34.